The van der Waals surface area contributed by atoms with E-state index in [0.717, 1.165) is 22.0 Å². The van der Waals surface area contributed by atoms with Gasteiger partial charge >= 0.3 is 0 Å². The first-order valence-electron chi connectivity index (χ1n) is 21.3. The lowest BCUT2D eigenvalue weighted by Gasteiger charge is -2.37. The largest absolute Gasteiger partial charge is 0.457 e. The summed E-state index contributed by atoms with van der Waals surface area (Å²) in [6.07, 6.45) is 10.1. The Labute approximate surface area is 347 Å². The third-order valence-corrected chi connectivity index (χ3v) is 16.4. The first-order valence-corrected chi connectivity index (χ1v) is 23.0. The number of nitrogens with zero attached hydrogens (tertiary/aromatic N) is 3. The summed E-state index contributed by atoms with van der Waals surface area (Å²) in [7, 11) is 0. The van der Waals surface area contributed by atoms with Gasteiger partial charge in [-0.15, -0.1) is 0 Å². The second kappa shape index (κ2) is 12.4. The molecular formula is C51H44N4OS2. The molecule has 6 aromatic carbocycles. The van der Waals surface area contributed by atoms with Crippen molar-refractivity contribution in [1.82, 2.24) is 9.38 Å². The molecule has 2 aromatic heterocycles. The molecule has 5 nitrogen and oxygen atoms in total. The summed E-state index contributed by atoms with van der Waals surface area (Å²) >= 11 is 3.74. The van der Waals surface area contributed by atoms with Crippen LogP contribution in [0.2, 0.25) is 0 Å². The van der Waals surface area contributed by atoms with Crippen molar-refractivity contribution >= 4 is 66.4 Å². The molecule has 5 heterocycles. The number of rotatable bonds is 4. The first kappa shape index (κ1) is 33.7. The van der Waals surface area contributed by atoms with Gasteiger partial charge in [0, 0.05) is 32.6 Å². The Bertz CT molecular complexity index is 3020. The molecule has 0 spiro atoms. The van der Waals surface area contributed by atoms with Crippen molar-refractivity contribution in [3.05, 3.63) is 131 Å². The highest BCUT2D eigenvalue weighted by atomic mass is 32.2. The number of nitrogens with one attached hydrogen (secondary N) is 1. The topological polar surface area (TPSA) is 41.8 Å². The number of para-hydroxylation sites is 4. The zero-order valence-electron chi connectivity index (χ0n) is 32.8. The predicted molar refractivity (Wildman–Crippen MR) is 242 cm³/mol. The molecule has 0 amide bonds. The summed E-state index contributed by atoms with van der Waals surface area (Å²) in [4.78, 5) is 9.96. The highest BCUT2D eigenvalue weighted by Gasteiger charge is 2.41. The van der Waals surface area contributed by atoms with Crippen LogP contribution >= 0.6 is 23.1 Å². The standard InChI is InChI=1S/C51H44N4OS2/c1-51(2)37-25-35(31-17-11-22-42-47(31)53-50-55(42)41-21-9-10-24-46(41)57-50)33(29-13-3-4-14-29)27-44(37)56-45-28-34(30-15-5-6-16-30)36(26-38(45)51)32-18-12-23-43-48(32)58-49-52-39-19-7-8-20-40(39)54(43)49/h7-12,17-30,50,53H,3-6,13-16H2,1-2H3. The van der Waals surface area contributed by atoms with Crippen LogP contribution in [0.1, 0.15) is 99.3 Å². The molecule has 0 saturated heterocycles. The van der Waals surface area contributed by atoms with Gasteiger partial charge in [0.2, 0.25) is 0 Å². The Morgan fingerprint density at radius 3 is 2.03 bits per heavy atom. The van der Waals surface area contributed by atoms with Crippen LogP contribution in [-0.2, 0) is 5.41 Å². The van der Waals surface area contributed by atoms with Gasteiger partial charge < -0.3 is 15.0 Å². The Kier molecular flexibility index (Phi) is 7.20. The number of hydrogen-bond acceptors (Lipinski definition) is 6. The minimum atomic E-state index is -0.289. The lowest BCUT2D eigenvalue weighted by atomic mass is 9.72. The normalized spacial score (nSPS) is 19.3. The summed E-state index contributed by atoms with van der Waals surface area (Å²) in [6, 6.07) is 41.1. The summed E-state index contributed by atoms with van der Waals surface area (Å²) in [6.45, 7) is 4.85. The van der Waals surface area contributed by atoms with Crippen molar-refractivity contribution in [3.63, 3.8) is 0 Å². The smallest absolute Gasteiger partial charge is 0.195 e. The quantitative estimate of drug-likeness (QED) is 0.192. The van der Waals surface area contributed by atoms with E-state index in [1.54, 1.807) is 0 Å². The second-order valence-electron chi connectivity index (χ2n) is 17.7. The number of fused-ring (bicyclic) bond motifs is 12. The second-order valence-corrected chi connectivity index (χ2v) is 19.8. The molecule has 8 aromatic rings. The molecule has 1 unspecified atom stereocenters. The van der Waals surface area contributed by atoms with Gasteiger partial charge in [-0.05, 0) is 120 Å². The Balaban J connectivity index is 0.989. The zero-order valence-corrected chi connectivity index (χ0v) is 34.5. The summed E-state index contributed by atoms with van der Waals surface area (Å²) in [5.41, 5.74) is 17.9. The number of aromatic nitrogens is 2. The van der Waals surface area contributed by atoms with Gasteiger partial charge in [0.1, 0.15) is 11.5 Å². The number of thioether (sulfide) groups is 1. The van der Waals surface area contributed by atoms with Gasteiger partial charge in [-0.3, -0.25) is 4.40 Å². The molecule has 1 atom stereocenters. The average Bonchev–Trinajstić information content (AvgIpc) is 4.10. The molecule has 2 aliphatic carbocycles. The molecule has 58 heavy (non-hydrogen) atoms. The van der Waals surface area contributed by atoms with E-state index in [9.17, 15) is 0 Å². The first-order chi connectivity index (χ1) is 28.5. The maximum absolute atomic E-state index is 7.22. The number of thiazole rings is 1. The fraction of sp³-hybridized carbons (Fsp3) is 0.275. The van der Waals surface area contributed by atoms with Crippen LogP contribution in [0, 0.1) is 0 Å². The fourth-order valence-corrected chi connectivity index (χ4v) is 13.6. The van der Waals surface area contributed by atoms with Crippen LogP contribution in [0.3, 0.4) is 0 Å². The van der Waals surface area contributed by atoms with Gasteiger partial charge in [-0.2, -0.15) is 0 Å². The van der Waals surface area contributed by atoms with Crippen LogP contribution in [0.15, 0.2) is 114 Å². The molecule has 286 valence electrons. The Morgan fingerprint density at radius 1 is 0.655 bits per heavy atom. The lowest BCUT2D eigenvalue weighted by molar-refractivity contribution is 0.416. The van der Waals surface area contributed by atoms with Gasteiger partial charge in [0.05, 0.1) is 38.3 Å². The van der Waals surface area contributed by atoms with Crippen LogP contribution in [-0.4, -0.2) is 14.9 Å². The van der Waals surface area contributed by atoms with Crippen molar-refractivity contribution in [2.45, 2.75) is 92.9 Å². The number of imidazole rings is 1. The van der Waals surface area contributed by atoms with E-state index >= 15 is 0 Å². The van der Waals surface area contributed by atoms with E-state index in [1.807, 2.05) is 23.1 Å². The van der Waals surface area contributed by atoms with E-state index in [1.165, 1.54) is 134 Å². The fourth-order valence-electron chi connectivity index (χ4n) is 11.3. The highest BCUT2D eigenvalue weighted by molar-refractivity contribution is 8.00. The molecule has 2 fully saturated rings. The van der Waals surface area contributed by atoms with Crippen LogP contribution < -0.4 is 15.0 Å². The molecule has 5 aliphatic rings. The number of ether oxygens (including phenoxy) is 1. The SMILES string of the molecule is CC1(C)c2cc(-c3cccc4c3NC3Sc5ccccc5N43)c(C3CCCC3)cc2Oc2cc(C3CCCC3)c(-c3cccc4c3sc3nc5ccccc5n34)cc21. The average molecular weight is 793 g/mol. The van der Waals surface area contributed by atoms with Crippen LogP contribution in [0.25, 0.3) is 48.5 Å². The van der Waals surface area contributed by atoms with Crippen LogP contribution in [0.4, 0.5) is 17.1 Å². The highest BCUT2D eigenvalue weighted by Crippen LogP contribution is 2.59. The van der Waals surface area contributed by atoms with Crippen molar-refractivity contribution in [1.29, 1.82) is 0 Å². The molecule has 3 aliphatic heterocycles. The van der Waals surface area contributed by atoms with E-state index in [-0.39, 0.29) is 10.9 Å². The van der Waals surface area contributed by atoms with Crippen LogP contribution in [0.5, 0.6) is 11.5 Å². The van der Waals surface area contributed by atoms with Gasteiger partial charge in [0.15, 0.2) is 10.5 Å². The number of benzene rings is 6. The molecular weight excluding hydrogens is 749 g/mol. The molecule has 7 heteroatoms. The maximum Gasteiger partial charge on any atom is 0.195 e. The lowest BCUT2D eigenvalue weighted by Crippen LogP contribution is -2.25. The summed E-state index contributed by atoms with van der Waals surface area (Å²) in [5, 5.41) is 3.99. The van der Waals surface area contributed by atoms with E-state index < -0.39 is 0 Å². The van der Waals surface area contributed by atoms with Crippen molar-refractivity contribution in [2.75, 3.05) is 10.2 Å². The van der Waals surface area contributed by atoms with E-state index in [4.69, 9.17) is 9.72 Å². The Hall–Kier alpha value is -5.24. The predicted octanol–water partition coefficient (Wildman–Crippen LogP) is 14.7. The van der Waals surface area contributed by atoms with Crippen molar-refractivity contribution in [3.8, 4) is 33.8 Å². The molecule has 0 bridgehead atoms. The minimum absolute atomic E-state index is 0.163. The molecule has 13 rings (SSSR count). The van der Waals surface area contributed by atoms with Crippen molar-refractivity contribution < 1.29 is 4.74 Å². The van der Waals surface area contributed by atoms with Gasteiger partial charge in [-0.1, -0.05) is 111 Å². The summed E-state index contributed by atoms with van der Waals surface area (Å²) in [5.74, 6) is 3.12. The monoisotopic (exact) mass is 792 g/mol. The van der Waals surface area contributed by atoms with Crippen molar-refractivity contribution in [2.24, 2.45) is 0 Å². The third kappa shape index (κ3) is 4.74. The zero-order chi connectivity index (χ0) is 38.3. The van der Waals surface area contributed by atoms with E-state index in [0.29, 0.717) is 11.8 Å². The molecule has 2 saturated carbocycles. The number of anilines is 3. The summed E-state index contributed by atoms with van der Waals surface area (Å²) < 4.78 is 10.9. The third-order valence-electron chi connectivity index (χ3n) is 14.2. The van der Waals surface area contributed by atoms with Gasteiger partial charge in [-0.25, -0.2) is 4.98 Å². The molecule has 1 N–H and O–H groups in total. The van der Waals surface area contributed by atoms with E-state index in [2.05, 4.69) is 138 Å². The van der Waals surface area contributed by atoms with Gasteiger partial charge in [0.25, 0.3) is 0 Å². The molecule has 0 radical (unpaired) electrons. The minimum Gasteiger partial charge on any atom is -0.457 e. The maximum atomic E-state index is 7.22. The Morgan fingerprint density at radius 2 is 1.28 bits per heavy atom. The number of hydrogen-bond donors (Lipinski definition) is 1.